The number of para-hydroxylation sites is 1. The van der Waals surface area contributed by atoms with Gasteiger partial charge in [0.2, 0.25) is 0 Å². The molecule has 90 valence electrons. The van der Waals surface area contributed by atoms with Crippen molar-refractivity contribution in [2.75, 3.05) is 6.61 Å². The van der Waals surface area contributed by atoms with E-state index in [1.165, 1.54) is 0 Å². The molecule has 0 fully saturated rings. The molecule has 1 atom stereocenters. The van der Waals surface area contributed by atoms with Crippen molar-refractivity contribution in [1.82, 2.24) is 5.32 Å². The van der Waals surface area contributed by atoms with Crippen molar-refractivity contribution < 1.29 is 10.2 Å². The number of aliphatic hydroxyl groups excluding tert-OH is 1. The van der Waals surface area contributed by atoms with Crippen LogP contribution in [-0.2, 0) is 6.54 Å². The molecular formula is C13H21NO2. The number of aliphatic hydroxyl groups is 1. The standard InChI is InChI=1S/C13H21NO2/c1-2-3-7-12(10-15)14-9-11-6-4-5-8-13(11)16/h4-6,8,12,14-16H,2-3,7,9-10H2,1H3/t12-/m0/s1. The highest BCUT2D eigenvalue weighted by molar-refractivity contribution is 5.31. The molecule has 3 heteroatoms. The van der Waals surface area contributed by atoms with E-state index in [1.807, 2.05) is 12.1 Å². The topological polar surface area (TPSA) is 52.5 Å². The van der Waals surface area contributed by atoms with Crippen LogP contribution in [0.4, 0.5) is 0 Å². The van der Waals surface area contributed by atoms with Crippen LogP contribution in [0.5, 0.6) is 5.75 Å². The van der Waals surface area contributed by atoms with Crippen molar-refractivity contribution >= 4 is 0 Å². The Kier molecular flexibility index (Phi) is 5.90. The maximum Gasteiger partial charge on any atom is 0.120 e. The molecule has 1 rings (SSSR count). The molecule has 0 unspecified atom stereocenters. The zero-order valence-electron chi connectivity index (χ0n) is 9.82. The molecule has 3 nitrogen and oxygen atoms in total. The Hall–Kier alpha value is -1.06. The van der Waals surface area contributed by atoms with Gasteiger partial charge in [0, 0.05) is 18.2 Å². The van der Waals surface area contributed by atoms with Crippen molar-refractivity contribution in [3.05, 3.63) is 29.8 Å². The minimum Gasteiger partial charge on any atom is -0.508 e. The van der Waals surface area contributed by atoms with E-state index in [1.54, 1.807) is 12.1 Å². The van der Waals surface area contributed by atoms with Crippen molar-refractivity contribution in [3.63, 3.8) is 0 Å². The summed E-state index contributed by atoms with van der Waals surface area (Å²) in [5, 5.41) is 22.0. The first kappa shape index (κ1) is 13.0. The number of hydrogen-bond donors (Lipinski definition) is 3. The summed E-state index contributed by atoms with van der Waals surface area (Å²) < 4.78 is 0. The van der Waals surface area contributed by atoms with Gasteiger partial charge in [0.15, 0.2) is 0 Å². The predicted octanol–water partition coefficient (Wildman–Crippen LogP) is 2.03. The van der Waals surface area contributed by atoms with Gasteiger partial charge in [-0.05, 0) is 12.5 Å². The van der Waals surface area contributed by atoms with Gasteiger partial charge < -0.3 is 15.5 Å². The normalized spacial score (nSPS) is 12.6. The molecule has 0 amide bonds. The van der Waals surface area contributed by atoms with Crippen LogP contribution in [0.15, 0.2) is 24.3 Å². The van der Waals surface area contributed by atoms with Crippen LogP contribution in [0.2, 0.25) is 0 Å². The van der Waals surface area contributed by atoms with Crippen LogP contribution in [0.1, 0.15) is 31.7 Å². The number of aromatic hydroxyl groups is 1. The van der Waals surface area contributed by atoms with Gasteiger partial charge in [-0.15, -0.1) is 0 Å². The van der Waals surface area contributed by atoms with Crippen LogP contribution in [0, 0.1) is 0 Å². The highest BCUT2D eigenvalue weighted by Gasteiger charge is 2.07. The summed E-state index contributed by atoms with van der Waals surface area (Å²) in [4.78, 5) is 0. The number of nitrogens with one attached hydrogen (secondary N) is 1. The van der Waals surface area contributed by atoms with Crippen molar-refractivity contribution in [2.45, 2.75) is 38.8 Å². The molecule has 0 saturated heterocycles. The molecule has 16 heavy (non-hydrogen) atoms. The van der Waals surface area contributed by atoms with Gasteiger partial charge in [-0.2, -0.15) is 0 Å². The molecule has 1 aromatic rings. The summed E-state index contributed by atoms with van der Waals surface area (Å²) in [6.07, 6.45) is 3.22. The third-order valence-electron chi connectivity index (χ3n) is 2.70. The Morgan fingerprint density at radius 1 is 1.31 bits per heavy atom. The van der Waals surface area contributed by atoms with E-state index in [0.717, 1.165) is 24.8 Å². The minimum absolute atomic E-state index is 0.125. The summed E-state index contributed by atoms with van der Waals surface area (Å²) in [6.45, 7) is 2.88. The number of rotatable bonds is 7. The summed E-state index contributed by atoms with van der Waals surface area (Å²) >= 11 is 0. The number of benzene rings is 1. The molecule has 0 bridgehead atoms. The van der Waals surface area contributed by atoms with E-state index in [-0.39, 0.29) is 12.6 Å². The van der Waals surface area contributed by atoms with Crippen molar-refractivity contribution in [2.24, 2.45) is 0 Å². The average molecular weight is 223 g/mol. The monoisotopic (exact) mass is 223 g/mol. The second-order valence-electron chi connectivity index (χ2n) is 4.03. The number of unbranched alkanes of at least 4 members (excludes halogenated alkanes) is 1. The Bertz CT molecular complexity index is 302. The Morgan fingerprint density at radius 2 is 2.06 bits per heavy atom. The van der Waals surface area contributed by atoms with Gasteiger partial charge in [0.25, 0.3) is 0 Å². The molecule has 0 spiro atoms. The highest BCUT2D eigenvalue weighted by Crippen LogP contribution is 2.15. The van der Waals surface area contributed by atoms with Gasteiger partial charge in [-0.25, -0.2) is 0 Å². The van der Waals surface area contributed by atoms with E-state index in [4.69, 9.17) is 0 Å². The summed E-state index contributed by atoms with van der Waals surface area (Å²) in [5.74, 6) is 0.308. The van der Waals surface area contributed by atoms with E-state index < -0.39 is 0 Å². The van der Waals surface area contributed by atoms with Crippen LogP contribution in [-0.4, -0.2) is 22.9 Å². The largest absolute Gasteiger partial charge is 0.508 e. The average Bonchev–Trinajstić information content (AvgIpc) is 2.31. The van der Waals surface area contributed by atoms with Gasteiger partial charge in [-0.3, -0.25) is 0 Å². The second-order valence-corrected chi connectivity index (χ2v) is 4.03. The van der Waals surface area contributed by atoms with Gasteiger partial charge >= 0.3 is 0 Å². The molecule has 0 aliphatic heterocycles. The van der Waals surface area contributed by atoms with Crippen LogP contribution in [0.25, 0.3) is 0 Å². The predicted molar refractivity (Wildman–Crippen MR) is 65.3 cm³/mol. The zero-order valence-corrected chi connectivity index (χ0v) is 9.82. The fourth-order valence-electron chi connectivity index (χ4n) is 1.62. The Labute approximate surface area is 97.1 Å². The van der Waals surface area contributed by atoms with E-state index in [9.17, 15) is 10.2 Å². The van der Waals surface area contributed by atoms with Gasteiger partial charge in [0.1, 0.15) is 5.75 Å². The number of phenols is 1. The van der Waals surface area contributed by atoms with E-state index in [2.05, 4.69) is 12.2 Å². The summed E-state index contributed by atoms with van der Waals surface area (Å²) in [7, 11) is 0. The Morgan fingerprint density at radius 3 is 2.69 bits per heavy atom. The molecule has 0 radical (unpaired) electrons. The molecular weight excluding hydrogens is 202 g/mol. The van der Waals surface area contributed by atoms with Crippen molar-refractivity contribution in [3.8, 4) is 5.75 Å². The van der Waals surface area contributed by atoms with Gasteiger partial charge in [-0.1, -0.05) is 38.0 Å². The van der Waals surface area contributed by atoms with Gasteiger partial charge in [0.05, 0.1) is 6.61 Å². The molecule has 0 heterocycles. The molecule has 0 aliphatic rings. The maximum absolute atomic E-state index is 9.57. The first-order chi connectivity index (χ1) is 7.77. The molecule has 3 N–H and O–H groups in total. The lowest BCUT2D eigenvalue weighted by Crippen LogP contribution is -2.31. The number of phenolic OH excluding ortho intramolecular Hbond substituents is 1. The smallest absolute Gasteiger partial charge is 0.120 e. The van der Waals surface area contributed by atoms with E-state index >= 15 is 0 Å². The third kappa shape index (κ3) is 4.21. The fraction of sp³-hybridized carbons (Fsp3) is 0.538. The summed E-state index contributed by atoms with van der Waals surface area (Å²) in [5.41, 5.74) is 0.873. The van der Waals surface area contributed by atoms with Crippen LogP contribution < -0.4 is 5.32 Å². The first-order valence-corrected chi connectivity index (χ1v) is 5.89. The number of hydrogen-bond acceptors (Lipinski definition) is 3. The third-order valence-corrected chi connectivity index (χ3v) is 2.70. The first-order valence-electron chi connectivity index (χ1n) is 5.89. The lowest BCUT2D eigenvalue weighted by Gasteiger charge is -2.16. The molecule has 1 aromatic carbocycles. The molecule has 0 aliphatic carbocycles. The zero-order chi connectivity index (χ0) is 11.8. The maximum atomic E-state index is 9.57. The van der Waals surface area contributed by atoms with Crippen molar-refractivity contribution in [1.29, 1.82) is 0 Å². The lowest BCUT2D eigenvalue weighted by molar-refractivity contribution is 0.232. The quantitative estimate of drug-likeness (QED) is 0.663. The SMILES string of the molecule is CCCC[C@@H](CO)NCc1ccccc1O. The molecule has 0 saturated carbocycles. The minimum atomic E-state index is 0.125. The second kappa shape index (κ2) is 7.25. The van der Waals surface area contributed by atoms with E-state index in [0.29, 0.717) is 12.3 Å². The Balaban J connectivity index is 2.40. The molecule has 0 aromatic heterocycles. The lowest BCUT2D eigenvalue weighted by atomic mass is 10.1. The van der Waals surface area contributed by atoms with Crippen LogP contribution in [0.3, 0.4) is 0 Å². The van der Waals surface area contributed by atoms with Crippen LogP contribution >= 0.6 is 0 Å². The highest BCUT2D eigenvalue weighted by atomic mass is 16.3. The summed E-state index contributed by atoms with van der Waals surface area (Å²) in [6, 6.07) is 7.39. The fourth-order valence-corrected chi connectivity index (χ4v) is 1.62.